The topological polar surface area (TPSA) is 25.2 Å². The van der Waals surface area contributed by atoms with Gasteiger partial charge in [-0.2, -0.15) is 0 Å². The molecule has 0 spiro atoms. The van der Waals surface area contributed by atoms with Gasteiger partial charge in [-0.3, -0.25) is 4.79 Å². The van der Waals surface area contributed by atoms with E-state index in [4.69, 9.17) is 0 Å². The molecule has 1 heterocycles. The molecule has 0 N–H and O–H groups in total. The van der Waals surface area contributed by atoms with Crippen LogP contribution in [0.15, 0.2) is 41.3 Å². The third kappa shape index (κ3) is 2.62. The molecular formula is C15H20N2O. The Morgan fingerprint density at radius 1 is 1.11 bits per heavy atom. The zero-order valence-electron chi connectivity index (χ0n) is 11.1. The van der Waals surface area contributed by atoms with Crippen molar-refractivity contribution in [1.29, 1.82) is 0 Å². The van der Waals surface area contributed by atoms with Crippen LogP contribution in [0.1, 0.15) is 13.8 Å². The highest BCUT2D eigenvalue weighted by atomic mass is 16.1. The van der Waals surface area contributed by atoms with E-state index in [9.17, 15) is 4.79 Å². The Bertz CT molecular complexity index is 570. The molecular weight excluding hydrogens is 224 g/mol. The van der Waals surface area contributed by atoms with Crippen LogP contribution in [-0.4, -0.2) is 29.1 Å². The molecule has 0 saturated heterocycles. The normalized spacial score (nSPS) is 11.3. The molecule has 0 fully saturated rings. The Kier molecular flexibility index (Phi) is 4.15. The van der Waals surface area contributed by atoms with Crippen molar-refractivity contribution in [2.45, 2.75) is 20.4 Å². The molecule has 0 amide bonds. The van der Waals surface area contributed by atoms with Crippen molar-refractivity contribution < 1.29 is 0 Å². The molecule has 0 aliphatic heterocycles. The Morgan fingerprint density at radius 3 is 2.56 bits per heavy atom. The van der Waals surface area contributed by atoms with Crippen molar-refractivity contribution in [2.24, 2.45) is 0 Å². The maximum absolute atomic E-state index is 12.3. The number of hydrogen-bond acceptors (Lipinski definition) is 2. The first-order valence-corrected chi connectivity index (χ1v) is 6.56. The number of rotatable bonds is 5. The van der Waals surface area contributed by atoms with E-state index >= 15 is 0 Å². The van der Waals surface area contributed by atoms with Gasteiger partial charge in [-0.1, -0.05) is 32.0 Å². The standard InChI is InChI=1S/C15H20N2O/c1-3-16(4-2)11-12-17-10-9-13-7-5-6-8-14(13)15(17)18/h5-10H,3-4,11-12H2,1-2H3. The number of nitrogens with zero attached hydrogens (tertiary/aromatic N) is 2. The van der Waals surface area contributed by atoms with Crippen molar-refractivity contribution in [3.8, 4) is 0 Å². The van der Waals surface area contributed by atoms with Gasteiger partial charge in [-0.05, 0) is 30.6 Å². The zero-order valence-corrected chi connectivity index (χ0v) is 11.1. The van der Waals surface area contributed by atoms with Gasteiger partial charge in [0, 0.05) is 24.7 Å². The predicted octanol–water partition coefficient (Wildman–Crippen LogP) is 2.34. The van der Waals surface area contributed by atoms with E-state index in [1.165, 1.54) is 0 Å². The molecule has 0 bridgehead atoms. The smallest absolute Gasteiger partial charge is 0.258 e. The van der Waals surface area contributed by atoms with Crippen molar-refractivity contribution in [2.75, 3.05) is 19.6 Å². The number of benzene rings is 1. The van der Waals surface area contributed by atoms with Crippen LogP contribution in [0, 0.1) is 0 Å². The number of pyridine rings is 1. The maximum atomic E-state index is 12.3. The molecule has 3 heteroatoms. The highest BCUT2D eigenvalue weighted by Gasteiger charge is 2.03. The summed E-state index contributed by atoms with van der Waals surface area (Å²) < 4.78 is 1.81. The fraction of sp³-hybridized carbons (Fsp3) is 0.400. The molecule has 1 aromatic carbocycles. The van der Waals surface area contributed by atoms with E-state index < -0.39 is 0 Å². The van der Waals surface area contributed by atoms with Gasteiger partial charge in [0.25, 0.3) is 5.56 Å². The van der Waals surface area contributed by atoms with Crippen LogP contribution < -0.4 is 5.56 Å². The van der Waals surface area contributed by atoms with Crippen molar-refractivity contribution in [3.05, 3.63) is 46.9 Å². The molecule has 0 saturated carbocycles. The quantitative estimate of drug-likeness (QED) is 0.806. The number of hydrogen-bond donors (Lipinski definition) is 0. The van der Waals surface area contributed by atoms with E-state index in [-0.39, 0.29) is 5.56 Å². The molecule has 0 aliphatic carbocycles. The van der Waals surface area contributed by atoms with Gasteiger partial charge < -0.3 is 9.47 Å². The lowest BCUT2D eigenvalue weighted by Gasteiger charge is -2.18. The Hall–Kier alpha value is -1.61. The third-order valence-corrected chi connectivity index (χ3v) is 3.44. The van der Waals surface area contributed by atoms with Crippen LogP contribution in [0.4, 0.5) is 0 Å². The second-order valence-electron chi connectivity index (χ2n) is 4.43. The van der Waals surface area contributed by atoms with Crippen LogP contribution in [0.5, 0.6) is 0 Å². The van der Waals surface area contributed by atoms with Gasteiger partial charge in [-0.15, -0.1) is 0 Å². The van der Waals surface area contributed by atoms with Gasteiger partial charge in [0.1, 0.15) is 0 Å². The van der Waals surface area contributed by atoms with Crippen molar-refractivity contribution in [1.82, 2.24) is 9.47 Å². The first-order valence-electron chi connectivity index (χ1n) is 6.56. The molecule has 0 aliphatic rings. The molecule has 96 valence electrons. The molecule has 18 heavy (non-hydrogen) atoms. The molecule has 2 rings (SSSR count). The van der Waals surface area contributed by atoms with E-state index in [0.717, 1.165) is 37.0 Å². The number of likely N-dealkylation sites (N-methyl/N-ethyl adjacent to an activating group) is 1. The molecule has 3 nitrogen and oxygen atoms in total. The summed E-state index contributed by atoms with van der Waals surface area (Å²) in [6.45, 7) is 8.02. The van der Waals surface area contributed by atoms with E-state index in [2.05, 4.69) is 18.7 Å². The molecule has 0 radical (unpaired) electrons. The highest BCUT2D eigenvalue weighted by molar-refractivity contribution is 5.81. The lowest BCUT2D eigenvalue weighted by Crippen LogP contribution is -2.30. The van der Waals surface area contributed by atoms with Gasteiger partial charge in [-0.25, -0.2) is 0 Å². The lowest BCUT2D eigenvalue weighted by molar-refractivity contribution is 0.289. The molecule has 0 atom stereocenters. The Labute approximate surface area is 108 Å². The average molecular weight is 244 g/mol. The maximum Gasteiger partial charge on any atom is 0.258 e. The minimum Gasteiger partial charge on any atom is -0.314 e. The first kappa shape index (κ1) is 12.8. The highest BCUT2D eigenvalue weighted by Crippen LogP contribution is 2.07. The number of aromatic nitrogens is 1. The second-order valence-corrected chi connectivity index (χ2v) is 4.43. The average Bonchev–Trinajstić information content (AvgIpc) is 2.42. The molecule has 1 aromatic heterocycles. The van der Waals surface area contributed by atoms with Gasteiger partial charge >= 0.3 is 0 Å². The minimum absolute atomic E-state index is 0.111. The van der Waals surface area contributed by atoms with Crippen molar-refractivity contribution in [3.63, 3.8) is 0 Å². The lowest BCUT2D eigenvalue weighted by atomic mass is 10.2. The summed E-state index contributed by atoms with van der Waals surface area (Å²) in [4.78, 5) is 14.6. The summed E-state index contributed by atoms with van der Waals surface area (Å²) in [5, 5.41) is 1.82. The van der Waals surface area contributed by atoms with Crippen LogP contribution in [0.25, 0.3) is 10.8 Å². The van der Waals surface area contributed by atoms with Gasteiger partial charge in [0.15, 0.2) is 0 Å². The molecule has 2 aromatic rings. The summed E-state index contributed by atoms with van der Waals surface area (Å²) in [6.07, 6.45) is 1.90. The van der Waals surface area contributed by atoms with Gasteiger partial charge in [0.05, 0.1) is 0 Å². The summed E-state index contributed by atoms with van der Waals surface area (Å²) in [5.74, 6) is 0. The van der Waals surface area contributed by atoms with Crippen LogP contribution in [-0.2, 0) is 6.54 Å². The third-order valence-electron chi connectivity index (χ3n) is 3.44. The summed E-state index contributed by atoms with van der Waals surface area (Å²) >= 11 is 0. The first-order chi connectivity index (χ1) is 8.76. The Balaban J connectivity index is 2.24. The predicted molar refractivity (Wildman–Crippen MR) is 76.0 cm³/mol. The van der Waals surface area contributed by atoms with E-state index in [1.807, 2.05) is 36.5 Å². The summed E-state index contributed by atoms with van der Waals surface area (Å²) in [5.41, 5.74) is 0.111. The largest absolute Gasteiger partial charge is 0.314 e. The summed E-state index contributed by atoms with van der Waals surface area (Å²) in [6, 6.07) is 9.76. The SMILES string of the molecule is CCN(CC)CCn1ccc2ccccc2c1=O. The Morgan fingerprint density at radius 2 is 1.83 bits per heavy atom. The number of fused-ring (bicyclic) bond motifs is 1. The van der Waals surface area contributed by atoms with Crippen LogP contribution in [0.2, 0.25) is 0 Å². The van der Waals surface area contributed by atoms with E-state index in [0.29, 0.717) is 0 Å². The monoisotopic (exact) mass is 244 g/mol. The van der Waals surface area contributed by atoms with E-state index in [1.54, 1.807) is 4.57 Å². The van der Waals surface area contributed by atoms with Crippen molar-refractivity contribution >= 4 is 10.8 Å². The fourth-order valence-electron chi connectivity index (χ4n) is 2.19. The van der Waals surface area contributed by atoms with Gasteiger partial charge in [0.2, 0.25) is 0 Å². The van der Waals surface area contributed by atoms with Crippen LogP contribution in [0.3, 0.4) is 0 Å². The fourth-order valence-corrected chi connectivity index (χ4v) is 2.19. The minimum atomic E-state index is 0.111. The molecule has 0 unspecified atom stereocenters. The van der Waals surface area contributed by atoms with Crippen LogP contribution >= 0.6 is 0 Å². The summed E-state index contributed by atoms with van der Waals surface area (Å²) in [7, 11) is 0. The zero-order chi connectivity index (χ0) is 13.0. The second kappa shape index (κ2) is 5.83.